The van der Waals surface area contributed by atoms with Crippen LogP contribution in [0.3, 0.4) is 0 Å². The van der Waals surface area contributed by atoms with Crippen LogP contribution in [-0.4, -0.2) is 15.4 Å². The van der Waals surface area contributed by atoms with E-state index in [-0.39, 0.29) is 17.0 Å². The molecule has 1 heterocycles. The molecule has 96 valence electrons. The van der Waals surface area contributed by atoms with Gasteiger partial charge < -0.3 is 4.74 Å². The van der Waals surface area contributed by atoms with Crippen LogP contribution in [0.2, 0.25) is 0 Å². The fourth-order valence-corrected chi connectivity index (χ4v) is 2.15. The van der Waals surface area contributed by atoms with Crippen molar-refractivity contribution in [3.63, 3.8) is 0 Å². The smallest absolute Gasteiger partial charge is 0.387 e. The van der Waals surface area contributed by atoms with E-state index in [0.717, 1.165) is 3.71 Å². The third kappa shape index (κ3) is 2.32. The van der Waals surface area contributed by atoms with Gasteiger partial charge in [0.15, 0.2) is 0 Å². The van der Waals surface area contributed by atoms with Gasteiger partial charge in [-0.1, -0.05) is 12.1 Å². The monoisotopic (exact) mass is 338 g/mol. The summed E-state index contributed by atoms with van der Waals surface area (Å²) in [6.45, 7) is -3.01. The number of benzene rings is 1. The molecule has 0 spiro atoms. The van der Waals surface area contributed by atoms with Gasteiger partial charge in [-0.3, -0.25) is 4.79 Å². The second kappa shape index (κ2) is 5.19. The lowest BCUT2D eigenvalue weighted by Crippen LogP contribution is -2.18. The molecule has 4 nitrogen and oxygen atoms in total. The number of hydrogen-bond donors (Lipinski definition) is 0. The molecule has 1 aromatic heterocycles. The van der Waals surface area contributed by atoms with Crippen LogP contribution in [-0.2, 0) is 5.88 Å². The Morgan fingerprint density at radius 2 is 2.22 bits per heavy atom. The maximum absolute atomic E-state index is 12.3. The lowest BCUT2D eigenvalue weighted by atomic mass is 10.1. The minimum atomic E-state index is -3.01. The minimum Gasteiger partial charge on any atom is -0.434 e. The van der Waals surface area contributed by atoms with Crippen LogP contribution in [0.25, 0.3) is 10.8 Å². The van der Waals surface area contributed by atoms with Crippen LogP contribution < -0.4 is 10.3 Å². The predicted octanol–water partition coefficient (Wildman–Crippen LogP) is 2.89. The largest absolute Gasteiger partial charge is 0.434 e. The molecule has 0 amide bonds. The number of nitrogens with zero attached hydrogens (tertiary/aromatic N) is 2. The molecule has 0 fully saturated rings. The lowest BCUT2D eigenvalue weighted by molar-refractivity contribution is -0.0488. The first-order valence-electron chi connectivity index (χ1n) is 4.76. The topological polar surface area (TPSA) is 44.1 Å². The summed E-state index contributed by atoms with van der Waals surface area (Å²) >= 11 is 8.60. The molecular formula is C10H6BrClF2N2O2. The number of alkyl halides is 3. The molecule has 0 saturated heterocycles. The molecule has 0 N–H and O–H groups in total. The molecule has 0 unspecified atom stereocenters. The van der Waals surface area contributed by atoms with Crippen molar-refractivity contribution >= 4 is 38.5 Å². The Hall–Kier alpha value is -1.21. The number of rotatable bonds is 3. The van der Waals surface area contributed by atoms with Crippen LogP contribution >= 0.6 is 27.7 Å². The predicted molar refractivity (Wildman–Crippen MR) is 66.5 cm³/mol. The van der Waals surface area contributed by atoms with Gasteiger partial charge in [0.25, 0.3) is 5.56 Å². The van der Waals surface area contributed by atoms with Gasteiger partial charge in [-0.15, -0.1) is 11.6 Å². The maximum atomic E-state index is 12.3. The Morgan fingerprint density at radius 3 is 2.83 bits per heavy atom. The van der Waals surface area contributed by atoms with Gasteiger partial charge in [-0.05, 0) is 6.07 Å². The Balaban J connectivity index is 2.82. The quantitative estimate of drug-likeness (QED) is 0.808. The normalized spacial score (nSPS) is 11.2. The Labute approximate surface area is 113 Å². The molecule has 1 aromatic carbocycles. The van der Waals surface area contributed by atoms with E-state index >= 15 is 0 Å². The first-order valence-corrected chi connectivity index (χ1v) is 6.01. The third-order valence-corrected chi connectivity index (χ3v) is 3.00. The van der Waals surface area contributed by atoms with E-state index in [4.69, 9.17) is 11.6 Å². The summed E-state index contributed by atoms with van der Waals surface area (Å²) in [5.41, 5.74) is -0.196. The Morgan fingerprint density at radius 1 is 1.50 bits per heavy atom. The Bertz CT molecular complexity index is 648. The highest BCUT2D eigenvalue weighted by Gasteiger charge is 2.15. The third-order valence-electron chi connectivity index (χ3n) is 2.27. The summed E-state index contributed by atoms with van der Waals surface area (Å²) in [7, 11) is 0. The molecule has 0 saturated carbocycles. The molecule has 0 radical (unpaired) electrons. The van der Waals surface area contributed by atoms with Crippen LogP contribution in [0, 0.1) is 0 Å². The molecule has 0 aliphatic heterocycles. The summed E-state index contributed by atoms with van der Waals surface area (Å²) < 4.78 is 29.7. The van der Waals surface area contributed by atoms with Gasteiger partial charge in [0.1, 0.15) is 5.75 Å². The van der Waals surface area contributed by atoms with Gasteiger partial charge >= 0.3 is 6.61 Å². The van der Waals surface area contributed by atoms with E-state index in [1.54, 1.807) is 6.07 Å². The van der Waals surface area contributed by atoms with Crippen LogP contribution in [0.1, 0.15) is 5.69 Å². The van der Waals surface area contributed by atoms with Crippen molar-refractivity contribution in [3.8, 4) is 5.75 Å². The summed E-state index contributed by atoms with van der Waals surface area (Å²) in [5, 5.41) is 4.29. The van der Waals surface area contributed by atoms with Crippen LogP contribution in [0.15, 0.2) is 23.0 Å². The molecule has 2 aromatic rings. The summed E-state index contributed by atoms with van der Waals surface area (Å²) in [6, 6.07) is 4.36. The SMILES string of the molecule is O=c1c2c(OC(F)F)cccc2c(CCl)nn1Br. The number of halogens is 4. The molecule has 2 rings (SSSR count). The number of aromatic nitrogens is 2. The second-order valence-corrected chi connectivity index (χ2v) is 4.24. The Kier molecular flexibility index (Phi) is 3.82. The molecule has 0 atom stereocenters. The molecule has 0 aliphatic rings. The van der Waals surface area contributed by atoms with Crippen molar-refractivity contribution in [1.82, 2.24) is 8.81 Å². The van der Waals surface area contributed by atoms with E-state index in [2.05, 4.69) is 26.0 Å². The maximum Gasteiger partial charge on any atom is 0.387 e. The first kappa shape index (κ1) is 13.2. The molecule has 8 heteroatoms. The van der Waals surface area contributed by atoms with Crippen molar-refractivity contribution < 1.29 is 13.5 Å². The first-order chi connectivity index (χ1) is 8.54. The van der Waals surface area contributed by atoms with Crippen molar-refractivity contribution in [1.29, 1.82) is 0 Å². The molecule has 0 bridgehead atoms. The zero-order chi connectivity index (χ0) is 13.3. The fraction of sp³-hybridized carbons (Fsp3) is 0.200. The average molecular weight is 340 g/mol. The molecular weight excluding hydrogens is 333 g/mol. The van der Waals surface area contributed by atoms with Crippen molar-refractivity contribution in [2.45, 2.75) is 12.5 Å². The van der Waals surface area contributed by atoms with E-state index in [0.29, 0.717) is 11.1 Å². The second-order valence-electron chi connectivity index (χ2n) is 3.30. The van der Waals surface area contributed by atoms with E-state index in [1.165, 1.54) is 12.1 Å². The standard InChI is InChI=1S/C10H6BrClF2N2O2/c11-16-9(17)8-5(6(4-12)15-16)2-1-3-7(8)18-10(13)14/h1-3,10H,4H2. The highest BCUT2D eigenvalue weighted by molar-refractivity contribution is 9.08. The molecule has 18 heavy (non-hydrogen) atoms. The number of hydrogen-bond acceptors (Lipinski definition) is 3. The van der Waals surface area contributed by atoms with Crippen LogP contribution in [0.4, 0.5) is 8.78 Å². The van der Waals surface area contributed by atoms with Gasteiger partial charge in [0.2, 0.25) is 0 Å². The van der Waals surface area contributed by atoms with Crippen LogP contribution in [0.5, 0.6) is 5.75 Å². The average Bonchev–Trinajstić information content (AvgIpc) is 2.33. The summed E-state index contributed by atoms with van der Waals surface area (Å²) in [6.07, 6.45) is 0. The van der Waals surface area contributed by atoms with Gasteiger partial charge in [-0.2, -0.15) is 17.6 Å². The zero-order valence-electron chi connectivity index (χ0n) is 8.74. The number of fused-ring (bicyclic) bond motifs is 1. The van der Waals surface area contributed by atoms with Gasteiger partial charge in [-0.25, -0.2) is 0 Å². The van der Waals surface area contributed by atoms with Gasteiger partial charge in [0, 0.05) is 5.39 Å². The highest BCUT2D eigenvalue weighted by atomic mass is 79.9. The highest BCUT2D eigenvalue weighted by Crippen LogP contribution is 2.26. The van der Waals surface area contributed by atoms with E-state index < -0.39 is 12.2 Å². The van der Waals surface area contributed by atoms with Gasteiger partial charge in [0.05, 0.1) is 33.1 Å². The minimum absolute atomic E-state index is 0.0142. The van der Waals surface area contributed by atoms with Crippen molar-refractivity contribution in [2.75, 3.05) is 0 Å². The van der Waals surface area contributed by atoms with Crippen molar-refractivity contribution in [3.05, 3.63) is 34.2 Å². The van der Waals surface area contributed by atoms with Crippen molar-refractivity contribution in [2.24, 2.45) is 0 Å². The summed E-state index contributed by atoms with van der Waals surface area (Å²) in [4.78, 5) is 11.9. The van der Waals surface area contributed by atoms with E-state index in [1.807, 2.05) is 0 Å². The zero-order valence-corrected chi connectivity index (χ0v) is 11.1. The fourth-order valence-electron chi connectivity index (χ4n) is 1.58. The van der Waals surface area contributed by atoms with E-state index in [9.17, 15) is 13.6 Å². The number of ether oxygens (including phenoxy) is 1. The summed E-state index contributed by atoms with van der Waals surface area (Å²) in [5.74, 6) is -0.157. The molecule has 0 aliphatic carbocycles. The lowest BCUT2D eigenvalue weighted by Gasteiger charge is -2.09.